The summed E-state index contributed by atoms with van der Waals surface area (Å²) in [5.41, 5.74) is 0.986. The molecule has 1 amide bonds. The Morgan fingerprint density at radius 1 is 1.16 bits per heavy atom. The highest BCUT2D eigenvalue weighted by Crippen LogP contribution is 2.15. The minimum Gasteiger partial charge on any atom is -0.338 e. The summed E-state index contributed by atoms with van der Waals surface area (Å²) in [4.78, 5) is 14.2. The molecule has 0 bridgehead atoms. The van der Waals surface area contributed by atoms with Gasteiger partial charge < -0.3 is 10.2 Å². The van der Waals surface area contributed by atoms with E-state index in [9.17, 15) is 4.79 Å². The molecule has 0 aromatic heterocycles. The van der Waals surface area contributed by atoms with Gasteiger partial charge in [0.2, 0.25) is 0 Å². The molecule has 0 saturated heterocycles. The van der Waals surface area contributed by atoms with Gasteiger partial charge in [-0.1, -0.05) is 32.0 Å². The van der Waals surface area contributed by atoms with Crippen LogP contribution < -0.4 is 10.2 Å². The number of hydrogen-bond donors (Lipinski definition) is 1. The van der Waals surface area contributed by atoms with Gasteiger partial charge in [0.05, 0.1) is 6.54 Å². The van der Waals surface area contributed by atoms with Crippen LogP contribution in [0.3, 0.4) is 0 Å². The van der Waals surface area contributed by atoms with Crippen molar-refractivity contribution in [2.24, 2.45) is 5.92 Å². The second kappa shape index (κ2) is 7.95. The molecule has 3 nitrogen and oxygen atoms in total. The fourth-order valence-corrected chi connectivity index (χ4v) is 2.09. The molecule has 0 heterocycles. The number of benzene rings is 1. The van der Waals surface area contributed by atoms with E-state index in [0.717, 1.165) is 18.7 Å². The predicted molar refractivity (Wildman–Crippen MR) is 80.2 cm³/mol. The van der Waals surface area contributed by atoms with Crippen molar-refractivity contribution in [3.63, 3.8) is 0 Å². The minimum atomic E-state index is 0.185. The van der Waals surface area contributed by atoms with E-state index in [0.29, 0.717) is 12.5 Å². The second-order valence-corrected chi connectivity index (χ2v) is 5.66. The average molecular weight is 263 g/mol. The van der Waals surface area contributed by atoms with E-state index >= 15 is 0 Å². The van der Waals surface area contributed by atoms with Gasteiger partial charge in [0.15, 0.2) is 6.54 Å². The van der Waals surface area contributed by atoms with Crippen LogP contribution in [0.4, 0.5) is 5.69 Å². The molecular formula is C16H27N2O+. The Morgan fingerprint density at radius 2 is 1.79 bits per heavy atom. The Morgan fingerprint density at radius 3 is 2.32 bits per heavy atom. The number of nitrogens with zero attached hydrogens (tertiary/aromatic N) is 1. The Balaban J connectivity index is 2.55. The third kappa shape index (κ3) is 5.43. The lowest BCUT2D eigenvalue weighted by Gasteiger charge is -2.26. The fraction of sp³-hybridized carbons (Fsp3) is 0.562. The first-order valence-corrected chi connectivity index (χ1v) is 7.21. The average Bonchev–Trinajstić information content (AvgIpc) is 2.35. The highest BCUT2D eigenvalue weighted by atomic mass is 16.2. The summed E-state index contributed by atoms with van der Waals surface area (Å²) in [5.74, 6) is 0.881. The summed E-state index contributed by atoms with van der Waals surface area (Å²) in [7, 11) is 0. The molecule has 1 rings (SSSR count). The van der Waals surface area contributed by atoms with Crippen LogP contribution in [0.2, 0.25) is 0 Å². The minimum absolute atomic E-state index is 0.185. The number of para-hydroxylation sites is 1. The zero-order chi connectivity index (χ0) is 14.3. The van der Waals surface area contributed by atoms with E-state index in [-0.39, 0.29) is 11.9 Å². The first-order chi connectivity index (χ1) is 9.02. The van der Waals surface area contributed by atoms with Crippen molar-refractivity contribution in [2.75, 3.05) is 18.0 Å². The van der Waals surface area contributed by atoms with Crippen LogP contribution in [-0.4, -0.2) is 25.0 Å². The largest absolute Gasteiger partial charge is 0.338 e. The molecule has 0 unspecified atom stereocenters. The quantitative estimate of drug-likeness (QED) is 0.751. The molecule has 1 aromatic carbocycles. The van der Waals surface area contributed by atoms with Crippen LogP contribution in [-0.2, 0) is 4.79 Å². The smallest absolute Gasteiger partial charge is 0.282 e. The molecule has 0 aliphatic heterocycles. The number of rotatable bonds is 7. The van der Waals surface area contributed by atoms with Crippen molar-refractivity contribution in [1.29, 1.82) is 0 Å². The van der Waals surface area contributed by atoms with Crippen molar-refractivity contribution in [1.82, 2.24) is 0 Å². The molecule has 106 valence electrons. The summed E-state index contributed by atoms with van der Waals surface area (Å²) in [6.07, 6.45) is 1.15. The maximum atomic E-state index is 12.3. The van der Waals surface area contributed by atoms with Gasteiger partial charge >= 0.3 is 0 Å². The van der Waals surface area contributed by atoms with Gasteiger partial charge in [-0.2, -0.15) is 0 Å². The predicted octanol–water partition coefficient (Wildman–Crippen LogP) is 2.04. The van der Waals surface area contributed by atoms with Crippen molar-refractivity contribution in [3.05, 3.63) is 30.3 Å². The monoisotopic (exact) mass is 263 g/mol. The van der Waals surface area contributed by atoms with Gasteiger partial charge in [0.25, 0.3) is 5.91 Å². The number of carbonyl (C=O) groups is 1. The van der Waals surface area contributed by atoms with Crippen LogP contribution in [0, 0.1) is 5.92 Å². The third-order valence-corrected chi connectivity index (χ3v) is 3.09. The molecular weight excluding hydrogens is 236 g/mol. The van der Waals surface area contributed by atoms with E-state index in [1.807, 2.05) is 35.2 Å². The Labute approximate surface area is 117 Å². The van der Waals surface area contributed by atoms with E-state index < -0.39 is 0 Å². The standard InChI is InChI=1S/C16H26N2O/c1-13(2)10-11-17-12-16(19)18(14(3)4)15-8-6-5-7-9-15/h5-9,13-14,17H,10-12H2,1-4H3/p+1. The van der Waals surface area contributed by atoms with Crippen LogP contribution in [0.25, 0.3) is 0 Å². The van der Waals surface area contributed by atoms with E-state index in [1.165, 1.54) is 0 Å². The van der Waals surface area contributed by atoms with Gasteiger partial charge in [-0.25, -0.2) is 0 Å². The van der Waals surface area contributed by atoms with Crippen molar-refractivity contribution >= 4 is 11.6 Å². The molecule has 0 fully saturated rings. The van der Waals surface area contributed by atoms with Gasteiger partial charge in [-0.05, 0) is 38.3 Å². The summed E-state index contributed by atoms with van der Waals surface area (Å²) in [5, 5.41) is 2.11. The van der Waals surface area contributed by atoms with Crippen LogP contribution >= 0.6 is 0 Å². The SMILES string of the molecule is CC(C)CC[NH2+]CC(=O)N(c1ccccc1)C(C)C. The number of hydrogen-bond acceptors (Lipinski definition) is 1. The van der Waals surface area contributed by atoms with Gasteiger partial charge in [0.1, 0.15) is 0 Å². The molecule has 2 N–H and O–H groups in total. The van der Waals surface area contributed by atoms with Crippen LogP contribution in [0.15, 0.2) is 30.3 Å². The molecule has 0 aliphatic rings. The summed E-state index contributed by atoms with van der Waals surface area (Å²) in [6, 6.07) is 10.1. The maximum Gasteiger partial charge on any atom is 0.282 e. The Kier molecular flexibility index (Phi) is 6.57. The topological polar surface area (TPSA) is 36.9 Å². The van der Waals surface area contributed by atoms with Crippen molar-refractivity contribution in [3.8, 4) is 0 Å². The molecule has 0 saturated carbocycles. The highest BCUT2D eigenvalue weighted by molar-refractivity contribution is 5.94. The first-order valence-electron chi connectivity index (χ1n) is 7.21. The number of amides is 1. The maximum absolute atomic E-state index is 12.3. The van der Waals surface area contributed by atoms with Gasteiger partial charge in [-0.3, -0.25) is 4.79 Å². The normalized spacial score (nSPS) is 11.1. The molecule has 0 spiro atoms. The van der Waals surface area contributed by atoms with E-state index in [2.05, 4.69) is 33.0 Å². The summed E-state index contributed by atoms with van der Waals surface area (Å²) < 4.78 is 0. The molecule has 0 radical (unpaired) electrons. The number of carbonyl (C=O) groups excluding carboxylic acids is 1. The van der Waals surface area contributed by atoms with E-state index in [1.54, 1.807) is 0 Å². The van der Waals surface area contributed by atoms with Crippen LogP contribution in [0.5, 0.6) is 0 Å². The van der Waals surface area contributed by atoms with E-state index in [4.69, 9.17) is 0 Å². The highest BCUT2D eigenvalue weighted by Gasteiger charge is 2.19. The summed E-state index contributed by atoms with van der Waals surface area (Å²) >= 11 is 0. The number of anilines is 1. The van der Waals surface area contributed by atoms with Gasteiger partial charge in [-0.15, -0.1) is 0 Å². The number of quaternary nitrogens is 1. The Hall–Kier alpha value is -1.35. The van der Waals surface area contributed by atoms with Gasteiger partial charge in [0, 0.05) is 11.7 Å². The Bertz CT molecular complexity index is 374. The molecule has 19 heavy (non-hydrogen) atoms. The second-order valence-electron chi connectivity index (χ2n) is 5.66. The third-order valence-electron chi connectivity index (χ3n) is 3.09. The number of nitrogens with two attached hydrogens (primary N) is 1. The summed E-state index contributed by atoms with van der Waals surface area (Å²) in [6.45, 7) is 10.1. The molecule has 0 aliphatic carbocycles. The first kappa shape index (κ1) is 15.7. The van der Waals surface area contributed by atoms with Crippen LogP contribution in [0.1, 0.15) is 34.1 Å². The molecule has 1 aromatic rings. The lowest BCUT2D eigenvalue weighted by atomic mass is 10.1. The van der Waals surface area contributed by atoms with Crippen molar-refractivity contribution < 1.29 is 10.1 Å². The molecule has 3 heteroatoms. The zero-order valence-electron chi connectivity index (χ0n) is 12.6. The zero-order valence-corrected chi connectivity index (χ0v) is 12.6. The van der Waals surface area contributed by atoms with Crippen molar-refractivity contribution in [2.45, 2.75) is 40.2 Å². The fourth-order valence-electron chi connectivity index (χ4n) is 2.09. The lowest BCUT2D eigenvalue weighted by Crippen LogP contribution is -2.87. The molecule has 0 atom stereocenters. The lowest BCUT2D eigenvalue weighted by molar-refractivity contribution is -0.644.